The van der Waals surface area contributed by atoms with Crippen molar-refractivity contribution in [3.8, 4) is 0 Å². The van der Waals surface area contributed by atoms with Crippen molar-refractivity contribution in [2.24, 2.45) is 0 Å². The van der Waals surface area contributed by atoms with Crippen LogP contribution < -0.4 is 10.6 Å². The maximum absolute atomic E-state index is 13.2. The molecule has 0 atom stereocenters. The molecule has 1 aliphatic rings. The van der Waals surface area contributed by atoms with Gasteiger partial charge in [0.2, 0.25) is 0 Å². The molecule has 8 nitrogen and oxygen atoms in total. The highest BCUT2D eigenvalue weighted by molar-refractivity contribution is 7.90. The maximum Gasteiger partial charge on any atom is 0.256 e. The summed E-state index contributed by atoms with van der Waals surface area (Å²) in [6.07, 6.45) is 1.65. The average Bonchev–Trinajstić information content (AvgIpc) is 3.36. The quantitative estimate of drug-likeness (QED) is 0.325. The van der Waals surface area contributed by atoms with Crippen molar-refractivity contribution in [1.29, 1.82) is 0 Å². The van der Waals surface area contributed by atoms with Crippen LogP contribution in [0.3, 0.4) is 0 Å². The molecule has 2 amide bonds. The molecule has 1 aromatic heterocycles. The van der Waals surface area contributed by atoms with E-state index in [9.17, 15) is 22.4 Å². The molecular formula is C29H33FN4O4S. The summed E-state index contributed by atoms with van der Waals surface area (Å²) < 4.78 is 39.4. The number of aryl methyl sites for hydroxylation is 1. The number of likely N-dealkylation sites (N-methyl/N-ethyl adjacent to an activating group) is 1. The van der Waals surface area contributed by atoms with Gasteiger partial charge in [-0.2, -0.15) is 0 Å². The van der Waals surface area contributed by atoms with Crippen LogP contribution >= 0.6 is 0 Å². The number of nitrogens with one attached hydrogen (secondary N) is 3. The first-order valence-electron chi connectivity index (χ1n) is 12.9. The van der Waals surface area contributed by atoms with Gasteiger partial charge >= 0.3 is 0 Å². The Labute approximate surface area is 228 Å². The minimum absolute atomic E-state index is 0.0561. The van der Waals surface area contributed by atoms with Crippen LogP contribution in [-0.2, 0) is 20.4 Å². The molecule has 2 heterocycles. The van der Waals surface area contributed by atoms with E-state index in [1.807, 2.05) is 6.92 Å². The number of H-pyrrole nitrogens is 1. The number of rotatable bonds is 10. The third-order valence-electron chi connectivity index (χ3n) is 7.00. The zero-order valence-electron chi connectivity index (χ0n) is 22.5. The summed E-state index contributed by atoms with van der Waals surface area (Å²) in [5.74, 6) is -1.30. The molecule has 0 fully saturated rings. The molecule has 0 saturated carbocycles. The Morgan fingerprint density at radius 1 is 1.08 bits per heavy atom. The van der Waals surface area contributed by atoms with E-state index in [0.29, 0.717) is 51.4 Å². The molecule has 0 saturated heterocycles. The number of aromatic amines is 1. The van der Waals surface area contributed by atoms with Crippen molar-refractivity contribution < 1.29 is 22.4 Å². The zero-order chi connectivity index (χ0) is 28.3. The molecule has 10 heteroatoms. The van der Waals surface area contributed by atoms with Crippen LogP contribution in [0.4, 0.5) is 10.1 Å². The van der Waals surface area contributed by atoms with E-state index in [4.69, 9.17) is 0 Å². The van der Waals surface area contributed by atoms with E-state index in [2.05, 4.69) is 34.4 Å². The van der Waals surface area contributed by atoms with E-state index in [-0.39, 0.29) is 22.5 Å². The second-order valence-electron chi connectivity index (χ2n) is 9.55. The molecule has 4 rings (SSSR count). The Kier molecular flexibility index (Phi) is 8.36. The number of sulfone groups is 1. The van der Waals surface area contributed by atoms with Crippen LogP contribution in [0.5, 0.6) is 0 Å². The van der Waals surface area contributed by atoms with Crippen molar-refractivity contribution in [3.05, 3.63) is 81.9 Å². The summed E-state index contributed by atoms with van der Waals surface area (Å²) in [6, 6.07) is 9.80. The molecular weight excluding hydrogens is 519 g/mol. The number of halogens is 1. The number of aromatic nitrogens is 1. The van der Waals surface area contributed by atoms with Gasteiger partial charge in [0.05, 0.1) is 21.8 Å². The molecule has 0 unspecified atom stereocenters. The standard InChI is InChI=1S/C29H33FN4O4S/c1-5-34(6-2)14-13-31-29(36)27-18(3)26(32-19(27)4)16-24-23-15-22(11-12-25(23)33-28(24)35)39(37,38)17-20-7-9-21(30)10-8-20/h7-12,15-16,32H,5-6,13-14,17H2,1-4H3,(H,31,36)(H,33,35). The van der Waals surface area contributed by atoms with Gasteiger partial charge in [-0.1, -0.05) is 26.0 Å². The largest absolute Gasteiger partial charge is 0.358 e. The summed E-state index contributed by atoms with van der Waals surface area (Å²) in [5, 5.41) is 5.74. The monoisotopic (exact) mass is 552 g/mol. The van der Waals surface area contributed by atoms with Crippen LogP contribution in [-0.4, -0.2) is 56.3 Å². The SMILES string of the molecule is CCN(CC)CCNC(=O)c1c(C)[nH]c(C=C2C(=O)Nc3ccc(S(=O)(=O)Cc4ccc(F)cc4)cc32)c1C. The molecule has 39 heavy (non-hydrogen) atoms. The van der Waals surface area contributed by atoms with Gasteiger partial charge in [-0.15, -0.1) is 0 Å². The van der Waals surface area contributed by atoms with Gasteiger partial charge in [0.15, 0.2) is 9.84 Å². The Morgan fingerprint density at radius 2 is 1.77 bits per heavy atom. The Morgan fingerprint density at radius 3 is 2.44 bits per heavy atom. The van der Waals surface area contributed by atoms with E-state index in [0.717, 1.165) is 19.6 Å². The fourth-order valence-corrected chi connectivity index (χ4v) is 6.12. The second-order valence-corrected chi connectivity index (χ2v) is 11.5. The molecule has 0 spiro atoms. The number of anilines is 1. The Balaban J connectivity index is 1.60. The summed E-state index contributed by atoms with van der Waals surface area (Å²) in [6.45, 7) is 10.9. The van der Waals surface area contributed by atoms with Crippen LogP contribution in [0.1, 0.15) is 52.3 Å². The molecule has 3 aromatic rings. The third kappa shape index (κ3) is 6.12. The van der Waals surface area contributed by atoms with Crippen LogP contribution in [0, 0.1) is 19.7 Å². The van der Waals surface area contributed by atoms with Crippen molar-refractivity contribution >= 4 is 39.0 Å². The smallest absolute Gasteiger partial charge is 0.256 e. The zero-order valence-corrected chi connectivity index (χ0v) is 23.3. The van der Waals surface area contributed by atoms with Crippen LogP contribution in [0.2, 0.25) is 0 Å². The van der Waals surface area contributed by atoms with Crippen LogP contribution in [0.25, 0.3) is 11.6 Å². The highest BCUT2D eigenvalue weighted by Gasteiger charge is 2.28. The van der Waals surface area contributed by atoms with Crippen molar-refractivity contribution in [1.82, 2.24) is 15.2 Å². The number of amides is 2. The summed E-state index contributed by atoms with van der Waals surface area (Å²) in [4.78, 5) is 31.3. The topological polar surface area (TPSA) is 111 Å². The number of nitrogens with zero attached hydrogens (tertiary/aromatic N) is 1. The maximum atomic E-state index is 13.2. The van der Waals surface area contributed by atoms with Gasteiger partial charge in [0, 0.05) is 35.7 Å². The predicted octanol–water partition coefficient (Wildman–Crippen LogP) is 4.31. The molecule has 3 N–H and O–H groups in total. The first-order valence-corrected chi connectivity index (χ1v) is 14.5. The first kappa shape index (κ1) is 28.3. The van der Waals surface area contributed by atoms with Gasteiger partial charge in [0.25, 0.3) is 11.8 Å². The van der Waals surface area contributed by atoms with Gasteiger partial charge in [0.1, 0.15) is 5.82 Å². The number of carbonyl (C=O) groups excluding carboxylic acids is 2. The van der Waals surface area contributed by atoms with E-state index < -0.39 is 15.7 Å². The van der Waals surface area contributed by atoms with E-state index in [1.165, 1.54) is 36.4 Å². The Hall–Kier alpha value is -3.76. The minimum Gasteiger partial charge on any atom is -0.358 e. The van der Waals surface area contributed by atoms with E-state index in [1.54, 1.807) is 19.1 Å². The Bertz CT molecular complexity index is 1540. The summed E-state index contributed by atoms with van der Waals surface area (Å²) in [7, 11) is -3.76. The third-order valence-corrected chi connectivity index (χ3v) is 8.69. The lowest BCUT2D eigenvalue weighted by Crippen LogP contribution is -2.35. The normalized spacial score (nSPS) is 14.1. The average molecular weight is 553 g/mol. The number of hydrogen-bond acceptors (Lipinski definition) is 5. The molecule has 0 radical (unpaired) electrons. The van der Waals surface area contributed by atoms with Gasteiger partial charge in [-0.3, -0.25) is 9.59 Å². The lowest BCUT2D eigenvalue weighted by Gasteiger charge is -2.18. The van der Waals surface area contributed by atoms with Gasteiger partial charge in [-0.05, 0) is 74.5 Å². The van der Waals surface area contributed by atoms with Crippen molar-refractivity contribution in [2.75, 3.05) is 31.5 Å². The second kappa shape index (κ2) is 11.5. The molecule has 0 aliphatic carbocycles. The number of hydrogen-bond donors (Lipinski definition) is 3. The van der Waals surface area contributed by atoms with Gasteiger partial charge < -0.3 is 20.5 Å². The summed E-state index contributed by atoms with van der Waals surface area (Å²) in [5.41, 5.74) is 4.20. The first-order chi connectivity index (χ1) is 18.5. The molecule has 1 aliphatic heterocycles. The predicted molar refractivity (Wildman–Crippen MR) is 151 cm³/mol. The molecule has 206 valence electrons. The van der Waals surface area contributed by atoms with Crippen molar-refractivity contribution in [3.63, 3.8) is 0 Å². The lowest BCUT2D eigenvalue weighted by molar-refractivity contribution is -0.110. The van der Waals surface area contributed by atoms with E-state index >= 15 is 0 Å². The number of fused-ring (bicyclic) bond motifs is 1. The highest BCUT2D eigenvalue weighted by Crippen LogP contribution is 2.36. The van der Waals surface area contributed by atoms with Gasteiger partial charge in [-0.25, -0.2) is 12.8 Å². The molecule has 2 aromatic carbocycles. The van der Waals surface area contributed by atoms with Crippen LogP contribution in [0.15, 0.2) is 47.4 Å². The fourth-order valence-electron chi connectivity index (χ4n) is 4.75. The lowest BCUT2D eigenvalue weighted by atomic mass is 10.0. The fraction of sp³-hybridized carbons (Fsp3) is 0.310. The molecule has 0 bridgehead atoms. The van der Waals surface area contributed by atoms with Crippen molar-refractivity contribution in [2.45, 2.75) is 38.3 Å². The summed E-state index contributed by atoms with van der Waals surface area (Å²) >= 11 is 0. The minimum atomic E-state index is -3.76. The number of benzene rings is 2. The number of carbonyl (C=O) groups is 2. The highest BCUT2D eigenvalue weighted by atomic mass is 32.2.